The Labute approximate surface area is 387 Å². The number of hydrogen-bond acceptors (Lipinski definition) is 12. The predicted octanol–water partition coefficient (Wildman–Crippen LogP) is 10.7. The van der Waals surface area contributed by atoms with E-state index in [-0.39, 0.29) is 39.7 Å². The molecule has 21 heteroatoms. The smallest absolute Gasteiger partial charge is 0.494 e. The molecule has 0 radical (unpaired) electrons. The molecule has 0 spiro atoms. The van der Waals surface area contributed by atoms with Crippen LogP contribution in [0.2, 0.25) is 0 Å². The Morgan fingerprint density at radius 3 is 1.52 bits per heavy atom. The van der Waals surface area contributed by atoms with Crippen LogP contribution in [0.25, 0.3) is 11.1 Å². The molecule has 6 rings (SSSR count). The second-order valence-electron chi connectivity index (χ2n) is 14.1. The van der Waals surface area contributed by atoms with Gasteiger partial charge in [-0.25, -0.2) is 0 Å². The highest BCUT2D eigenvalue weighted by Gasteiger charge is 2.51. The van der Waals surface area contributed by atoms with Crippen molar-refractivity contribution < 1.29 is 60.1 Å². The fraction of sp³-hybridized carbons (Fsp3) is 0.250. The van der Waals surface area contributed by atoms with Crippen LogP contribution in [-0.2, 0) is 9.31 Å². The van der Waals surface area contributed by atoms with Crippen LogP contribution >= 0.6 is 31.9 Å². The number of ether oxygens (including phenoxy) is 3. The SMILES string of the molecule is CC(O)c1ccncc1-c1ccc(C#N)c(OC(F)F)c1.CC1(C)OB(c2ccc(C#N)c(OC(F)F)c2)OC1(C)C.N#Cc1ccc(Br)cc1O.N#Cc1ccc(Br)cc1OC(F)F. The first-order valence-electron chi connectivity index (χ1n) is 18.5. The Kier molecular flexibility index (Phi) is 19.7. The molecule has 1 saturated heterocycles. The molecule has 1 fully saturated rings. The van der Waals surface area contributed by atoms with Gasteiger partial charge >= 0.3 is 27.0 Å². The molecule has 0 bridgehead atoms. The van der Waals surface area contributed by atoms with Gasteiger partial charge in [0.15, 0.2) is 0 Å². The molecule has 1 aliphatic rings. The predicted molar refractivity (Wildman–Crippen MR) is 231 cm³/mol. The molecule has 4 aromatic carbocycles. The highest BCUT2D eigenvalue weighted by atomic mass is 79.9. The number of alkyl halides is 6. The number of pyridine rings is 1. The second-order valence-corrected chi connectivity index (χ2v) is 15.9. The molecular formula is C44H36BBr2F6N5O7. The summed E-state index contributed by atoms with van der Waals surface area (Å²) in [6.45, 7) is 0.254. The van der Waals surface area contributed by atoms with Crippen LogP contribution < -0.4 is 19.7 Å². The molecule has 65 heavy (non-hydrogen) atoms. The van der Waals surface area contributed by atoms with Gasteiger partial charge in [0.25, 0.3) is 0 Å². The summed E-state index contributed by atoms with van der Waals surface area (Å²) in [7, 11) is -0.692. The number of aliphatic hydroxyl groups excluding tert-OH is 1. The number of benzene rings is 4. The Hall–Kier alpha value is -6.33. The topological polar surface area (TPSA) is 195 Å². The number of phenols is 1. The zero-order valence-electron chi connectivity index (χ0n) is 34.7. The van der Waals surface area contributed by atoms with Gasteiger partial charge < -0.3 is 33.7 Å². The van der Waals surface area contributed by atoms with Gasteiger partial charge in [-0.15, -0.1) is 0 Å². The van der Waals surface area contributed by atoms with Crippen molar-refractivity contribution in [1.29, 1.82) is 21.0 Å². The lowest BCUT2D eigenvalue weighted by Gasteiger charge is -2.32. The lowest BCUT2D eigenvalue weighted by Crippen LogP contribution is -2.41. The molecule has 12 nitrogen and oxygen atoms in total. The molecule has 1 aromatic heterocycles. The van der Waals surface area contributed by atoms with Gasteiger partial charge in [-0.3, -0.25) is 4.98 Å². The van der Waals surface area contributed by atoms with Crippen molar-refractivity contribution in [1.82, 2.24) is 4.98 Å². The van der Waals surface area contributed by atoms with Crippen molar-refractivity contribution in [3.8, 4) is 58.4 Å². The quantitative estimate of drug-likeness (QED) is 0.105. The van der Waals surface area contributed by atoms with Crippen molar-refractivity contribution in [2.75, 3.05) is 0 Å². The summed E-state index contributed by atoms with van der Waals surface area (Å²) in [4.78, 5) is 3.97. The van der Waals surface area contributed by atoms with E-state index >= 15 is 0 Å². The van der Waals surface area contributed by atoms with Gasteiger partial charge in [0, 0.05) is 26.9 Å². The monoisotopic (exact) mass is 1030 g/mol. The largest absolute Gasteiger partial charge is 0.507 e. The van der Waals surface area contributed by atoms with Gasteiger partial charge in [0.05, 0.1) is 39.6 Å². The van der Waals surface area contributed by atoms with Gasteiger partial charge in [-0.1, -0.05) is 44.0 Å². The summed E-state index contributed by atoms with van der Waals surface area (Å²) in [5.41, 5.74) is 1.64. The van der Waals surface area contributed by atoms with E-state index in [0.29, 0.717) is 32.2 Å². The number of nitriles is 4. The van der Waals surface area contributed by atoms with E-state index in [1.165, 1.54) is 54.9 Å². The highest BCUT2D eigenvalue weighted by Crippen LogP contribution is 2.37. The number of phenolic OH excluding ortho intramolecular Hbond substituents is 1. The van der Waals surface area contributed by atoms with Crippen LogP contribution in [0.3, 0.4) is 0 Å². The standard InChI is InChI=1S/C15H12F2N2O2.C14H16BF2NO3.C8H4BrF2NO.C7H4BrNO/c1-9(20)12-4-5-19-8-13(12)10-2-3-11(7-18)14(6-10)21-15(16)17;1-13(2)14(3,4)21-15(20-13)10-6-5-9(8-18)11(7-10)19-12(16)17;9-6-2-1-5(4-12)7(3-6)13-8(10)11;8-6-2-1-5(4-9)7(10)3-6/h2-6,8-9,15,20H,1H3;5-7,12H,1-4H3;1-3,8H;1-3,10H. The third kappa shape index (κ3) is 15.4. The second kappa shape index (κ2) is 24.1. The normalized spacial score (nSPS) is 13.5. The Morgan fingerprint density at radius 1 is 0.631 bits per heavy atom. The lowest BCUT2D eigenvalue weighted by atomic mass is 9.78. The van der Waals surface area contributed by atoms with Crippen molar-refractivity contribution in [3.63, 3.8) is 0 Å². The first-order chi connectivity index (χ1) is 30.6. The third-order valence-electron chi connectivity index (χ3n) is 9.16. The Morgan fingerprint density at radius 2 is 1.06 bits per heavy atom. The zero-order chi connectivity index (χ0) is 48.6. The number of aromatic nitrogens is 1. The van der Waals surface area contributed by atoms with Crippen LogP contribution in [0.1, 0.15) is 68.5 Å². The van der Waals surface area contributed by atoms with E-state index in [1.54, 1.807) is 55.5 Å². The van der Waals surface area contributed by atoms with E-state index in [1.807, 2.05) is 39.8 Å². The summed E-state index contributed by atoms with van der Waals surface area (Å²) in [6, 6.07) is 26.6. The van der Waals surface area contributed by atoms with Crippen LogP contribution in [0, 0.1) is 45.3 Å². The van der Waals surface area contributed by atoms with Crippen molar-refractivity contribution in [2.24, 2.45) is 0 Å². The maximum Gasteiger partial charge on any atom is 0.494 e. The summed E-state index contributed by atoms with van der Waals surface area (Å²) in [5, 5.41) is 53.5. The molecule has 0 aliphatic carbocycles. The minimum Gasteiger partial charge on any atom is -0.507 e. The minimum absolute atomic E-state index is 0.0110. The van der Waals surface area contributed by atoms with E-state index in [9.17, 15) is 31.4 Å². The van der Waals surface area contributed by atoms with E-state index in [2.05, 4.69) is 51.1 Å². The fourth-order valence-corrected chi connectivity index (χ4v) is 6.01. The lowest BCUT2D eigenvalue weighted by molar-refractivity contribution is -0.0507. The van der Waals surface area contributed by atoms with Crippen LogP contribution in [0.15, 0.2) is 100 Å². The average molecular weight is 1030 g/mol. The number of nitrogens with zero attached hydrogens (tertiary/aromatic N) is 5. The zero-order valence-corrected chi connectivity index (χ0v) is 37.9. The number of aromatic hydroxyl groups is 1. The summed E-state index contributed by atoms with van der Waals surface area (Å²) in [6.07, 6.45) is 2.32. The molecule has 2 N–H and O–H groups in total. The molecule has 5 aromatic rings. The van der Waals surface area contributed by atoms with Gasteiger partial charge in [0.1, 0.15) is 47.3 Å². The summed E-state index contributed by atoms with van der Waals surface area (Å²) < 4.78 is 99.1. The van der Waals surface area contributed by atoms with Gasteiger partial charge in [0.2, 0.25) is 0 Å². The van der Waals surface area contributed by atoms with E-state index in [4.69, 9.17) is 35.5 Å². The maximum atomic E-state index is 12.4. The number of hydrogen-bond donors (Lipinski definition) is 2. The van der Waals surface area contributed by atoms with Crippen LogP contribution in [-0.4, -0.2) is 53.4 Å². The van der Waals surface area contributed by atoms with Crippen molar-refractivity contribution >= 4 is 44.4 Å². The molecule has 1 atom stereocenters. The summed E-state index contributed by atoms with van der Waals surface area (Å²) >= 11 is 6.24. The number of halogens is 8. The summed E-state index contributed by atoms with van der Waals surface area (Å²) in [5.74, 6) is -0.492. The van der Waals surface area contributed by atoms with Crippen molar-refractivity contribution in [3.05, 3.63) is 128 Å². The number of aliphatic hydroxyl groups is 1. The van der Waals surface area contributed by atoms with Crippen LogP contribution in [0.4, 0.5) is 26.3 Å². The molecular weight excluding hydrogens is 995 g/mol. The molecule has 1 aliphatic heterocycles. The number of rotatable bonds is 9. The molecule has 0 amide bonds. The maximum absolute atomic E-state index is 12.4. The Bertz CT molecular complexity index is 2580. The fourth-order valence-electron chi connectivity index (χ4n) is 5.32. The van der Waals surface area contributed by atoms with E-state index in [0.717, 1.165) is 4.47 Å². The minimum atomic E-state index is -3.02. The first-order valence-corrected chi connectivity index (χ1v) is 20.1. The highest BCUT2D eigenvalue weighted by molar-refractivity contribution is 9.10. The first kappa shape index (κ1) is 53.0. The third-order valence-corrected chi connectivity index (χ3v) is 10.1. The molecule has 338 valence electrons. The van der Waals surface area contributed by atoms with Crippen LogP contribution in [0.5, 0.6) is 23.0 Å². The van der Waals surface area contributed by atoms with Gasteiger partial charge in [-0.05, 0) is 118 Å². The molecule has 0 saturated carbocycles. The average Bonchev–Trinajstić information content (AvgIpc) is 3.46. The van der Waals surface area contributed by atoms with E-state index < -0.39 is 44.3 Å². The Balaban J connectivity index is 0.000000240. The molecule has 1 unspecified atom stereocenters. The molecule has 2 heterocycles. The van der Waals surface area contributed by atoms with Crippen molar-refractivity contribution in [2.45, 2.75) is 71.8 Å². The van der Waals surface area contributed by atoms with Gasteiger partial charge in [-0.2, -0.15) is 47.4 Å².